The summed E-state index contributed by atoms with van der Waals surface area (Å²) in [5.74, 6) is -1.40. The molecule has 0 aliphatic heterocycles. The van der Waals surface area contributed by atoms with E-state index >= 15 is 4.39 Å². The van der Waals surface area contributed by atoms with Gasteiger partial charge in [-0.1, -0.05) is 36.4 Å². The minimum atomic E-state index is -1.06. The third-order valence-corrected chi connectivity index (χ3v) is 4.54. The molecule has 3 rings (SSSR count). The van der Waals surface area contributed by atoms with Crippen LogP contribution in [0.4, 0.5) is 15.8 Å². The van der Waals surface area contributed by atoms with E-state index in [1.807, 2.05) is 36.4 Å². The molecule has 0 spiro atoms. The van der Waals surface area contributed by atoms with Crippen molar-refractivity contribution in [2.24, 2.45) is 0 Å². The van der Waals surface area contributed by atoms with Crippen LogP contribution in [0.25, 0.3) is 6.08 Å². The number of hydrogen-bond acceptors (Lipinski definition) is 3. The lowest BCUT2D eigenvalue weighted by Gasteiger charge is -2.13. The van der Waals surface area contributed by atoms with Crippen LogP contribution in [0.2, 0.25) is 0 Å². The van der Waals surface area contributed by atoms with Crippen molar-refractivity contribution >= 4 is 23.4 Å². The van der Waals surface area contributed by atoms with Crippen LogP contribution in [0, 0.1) is 5.82 Å². The second-order valence-corrected chi connectivity index (χ2v) is 6.58. The van der Waals surface area contributed by atoms with Crippen LogP contribution in [0.15, 0.2) is 66.7 Å². The first-order valence-corrected chi connectivity index (χ1v) is 8.83. The fraction of sp³-hybridized carbons (Fsp3) is 0.0870. The number of anilines is 2. The molecular weight excluding hydrogens is 355 g/mol. The molecule has 0 unspecified atom stereocenters. The monoisotopic (exact) mass is 376 g/mol. The summed E-state index contributed by atoms with van der Waals surface area (Å²) >= 11 is 0. The summed E-state index contributed by atoms with van der Waals surface area (Å²) < 4.78 is 15.3. The highest BCUT2D eigenvalue weighted by atomic mass is 19.1. The Balaban J connectivity index is 2.05. The molecule has 0 heterocycles. The molecule has 5 N–H and O–H groups in total. The van der Waals surface area contributed by atoms with Crippen LogP contribution >= 0.6 is 0 Å². The summed E-state index contributed by atoms with van der Waals surface area (Å²) in [6.07, 6.45) is 3.11. The van der Waals surface area contributed by atoms with Gasteiger partial charge in [-0.2, -0.15) is 0 Å². The molecule has 28 heavy (non-hydrogen) atoms. The molecule has 0 bridgehead atoms. The second kappa shape index (κ2) is 8.39. The zero-order valence-corrected chi connectivity index (χ0v) is 15.2. The minimum Gasteiger partial charge on any atom is -0.478 e. The van der Waals surface area contributed by atoms with E-state index in [0.717, 1.165) is 17.2 Å². The van der Waals surface area contributed by atoms with Crippen LogP contribution in [-0.2, 0) is 17.6 Å². The zero-order chi connectivity index (χ0) is 20.1. The lowest BCUT2D eigenvalue weighted by atomic mass is 9.94. The van der Waals surface area contributed by atoms with E-state index in [-0.39, 0.29) is 5.82 Å². The molecule has 0 aromatic heterocycles. The van der Waals surface area contributed by atoms with Crippen LogP contribution in [0.5, 0.6) is 0 Å². The van der Waals surface area contributed by atoms with Gasteiger partial charge in [0.05, 0.1) is 0 Å². The summed E-state index contributed by atoms with van der Waals surface area (Å²) in [5, 5.41) is 8.92. The van der Waals surface area contributed by atoms with E-state index in [1.165, 1.54) is 6.08 Å². The quantitative estimate of drug-likeness (QED) is 0.443. The number of carboxylic acids is 1. The van der Waals surface area contributed by atoms with Crippen molar-refractivity contribution < 1.29 is 14.3 Å². The number of rotatable bonds is 6. The van der Waals surface area contributed by atoms with Crippen molar-refractivity contribution in [3.8, 4) is 0 Å². The maximum Gasteiger partial charge on any atom is 0.328 e. The van der Waals surface area contributed by atoms with Crippen molar-refractivity contribution in [3.63, 3.8) is 0 Å². The molecule has 0 saturated heterocycles. The van der Waals surface area contributed by atoms with Gasteiger partial charge in [-0.3, -0.25) is 0 Å². The number of aliphatic carboxylic acids is 1. The summed E-state index contributed by atoms with van der Waals surface area (Å²) in [6, 6.07) is 17.9. The Kier molecular flexibility index (Phi) is 5.75. The molecular formula is C23H21FN2O2. The number of carboxylic acid groups (broad SMARTS) is 1. The predicted molar refractivity (Wildman–Crippen MR) is 110 cm³/mol. The van der Waals surface area contributed by atoms with Gasteiger partial charge in [-0.05, 0) is 58.2 Å². The van der Waals surface area contributed by atoms with E-state index in [2.05, 4.69) is 0 Å². The molecule has 0 radical (unpaired) electrons. The van der Waals surface area contributed by atoms with Gasteiger partial charge in [0.25, 0.3) is 0 Å². The summed E-state index contributed by atoms with van der Waals surface area (Å²) in [4.78, 5) is 10.9. The van der Waals surface area contributed by atoms with Gasteiger partial charge in [-0.15, -0.1) is 0 Å². The Hall–Kier alpha value is -3.60. The largest absolute Gasteiger partial charge is 0.478 e. The number of nitrogens with two attached hydrogens (primary N) is 2. The maximum absolute atomic E-state index is 15.3. The first-order chi connectivity index (χ1) is 13.4. The van der Waals surface area contributed by atoms with Crippen molar-refractivity contribution in [1.82, 2.24) is 0 Å². The maximum atomic E-state index is 15.3. The van der Waals surface area contributed by atoms with Crippen LogP contribution in [0.1, 0.15) is 27.8 Å². The molecule has 0 aliphatic rings. The van der Waals surface area contributed by atoms with Crippen molar-refractivity contribution in [2.75, 3.05) is 11.5 Å². The highest BCUT2D eigenvalue weighted by Crippen LogP contribution is 2.26. The third kappa shape index (κ3) is 4.57. The average molecular weight is 376 g/mol. The number of para-hydroxylation sites is 2. The van der Waals surface area contributed by atoms with Crippen molar-refractivity contribution in [1.29, 1.82) is 0 Å². The summed E-state index contributed by atoms with van der Waals surface area (Å²) in [5.41, 5.74) is 16.3. The van der Waals surface area contributed by atoms with Gasteiger partial charge < -0.3 is 16.6 Å². The zero-order valence-electron chi connectivity index (χ0n) is 15.2. The van der Waals surface area contributed by atoms with Gasteiger partial charge >= 0.3 is 5.97 Å². The lowest BCUT2D eigenvalue weighted by molar-refractivity contribution is -0.131. The summed E-state index contributed by atoms with van der Waals surface area (Å²) in [6.45, 7) is 0. The third-order valence-electron chi connectivity index (χ3n) is 4.54. The molecule has 0 amide bonds. The highest BCUT2D eigenvalue weighted by molar-refractivity contribution is 5.85. The van der Waals surface area contributed by atoms with E-state index in [4.69, 9.17) is 16.6 Å². The predicted octanol–water partition coefficient (Wildman–Crippen LogP) is 4.27. The fourth-order valence-corrected chi connectivity index (χ4v) is 3.10. The van der Waals surface area contributed by atoms with Gasteiger partial charge in [-0.25, -0.2) is 9.18 Å². The van der Waals surface area contributed by atoms with Gasteiger partial charge in [0.2, 0.25) is 0 Å². The molecule has 3 aromatic rings. The van der Waals surface area contributed by atoms with Gasteiger partial charge in [0, 0.05) is 30.3 Å². The fourth-order valence-electron chi connectivity index (χ4n) is 3.10. The smallest absolute Gasteiger partial charge is 0.328 e. The van der Waals surface area contributed by atoms with E-state index < -0.39 is 5.97 Å². The average Bonchev–Trinajstić information content (AvgIpc) is 2.67. The molecule has 3 aromatic carbocycles. The van der Waals surface area contributed by atoms with Crippen LogP contribution in [0.3, 0.4) is 0 Å². The first kappa shape index (κ1) is 19.2. The first-order valence-electron chi connectivity index (χ1n) is 8.83. The number of carbonyl (C=O) groups is 1. The normalized spacial score (nSPS) is 11.0. The Morgan fingerprint density at radius 3 is 1.75 bits per heavy atom. The standard InChI is InChI=1S/C23H21FN2O2/c24-23-18(13-16-5-1-3-7-20(16)25)11-15(9-10-22(27)28)12-19(23)14-17-6-2-4-8-21(17)26/h1-12H,13-14,25-26H2,(H,27,28)/b10-9+. The highest BCUT2D eigenvalue weighted by Gasteiger charge is 2.13. The van der Waals surface area contributed by atoms with E-state index in [1.54, 1.807) is 24.3 Å². The molecule has 0 atom stereocenters. The Labute approximate surface area is 162 Å². The Morgan fingerprint density at radius 1 is 0.857 bits per heavy atom. The topological polar surface area (TPSA) is 89.3 Å². The minimum absolute atomic E-state index is 0.310. The second-order valence-electron chi connectivity index (χ2n) is 6.58. The number of nitrogen functional groups attached to an aromatic ring is 2. The molecule has 5 heteroatoms. The van der Waals surface area contributed by atoms with Gasteiger partial charge in [0.15, 0.2) is 0 Å². The SMILES string of the molecule is Nc1ccccc1Cc1cc(/C=C/C(=O)O)cc(Cc2ccccc2N)c1F. The van der Waals surface area contributed by atoms with Crippen LogP contribution < -0.4 is 11.5 Å². The van der Waals surface area contributed by atoms with Crippen LogP contribution in [-0.4, -0.2) is 11.1 Å². The Bertz CT molecular complexity index is 976. The molecule has 0 aliphatic carbocycles. The van der Waals surface area contributed by atoms with E-state index in [0.29, 0.717) is 40.9 Å². The number of hydrogen-bond donors (Lipinski definition) is 3. The van der Waals surface area contributed by atoms with Gasteiger partial charge in [0.1, 0.15) is 5.82 Å². The molecule has 4 nitrogen and oxygen atoms in total. The molecule has 0 saturated carbocycles. The molecule has 0 fully saturated rings. The molecule has 142 valence electrons. The Morgan fingerprint density at radius 2 is 1.32 bits per heavy atom. The number of benzene rings is 3. The number of halogens is 1. The lowest BCUT2D eigenvalue weighted by Crippen LogP contribution is -2.04. The summed E-state index contributed by atoms with van der Waals surface area (Å²) in [7, 11) is 0. The van der Waals surface area contributed by atoms with Crippen molar-refractivity contribution in [3.05, 3.63) is 100 Å². The van der Waals surface area contributed by atoms with E-state index in [9.17, 15) is 4.79 Å². The van der Waals surface area contributed by atoms with Crippen molar-refractivity contribution in [2.45, 2.75) is 12.8 Å².